The van der Waals surface area contributed by atoms with Crippen LogP contribution in [0.5, 0.6) is 0 Å². The fourth-order valence-electron chi connectivity index (χ4n) is 2.08. The first kappa shape index (κ1) is 13.0. The van der Waals surface area contributed by atoms with Crippen LogP contribution < -0.4 is 0 Å². The minimum Gasteiger partial charge on any atom is -0.295 e. The molecule has 1 aliphatic heterocycles. The highest BCUT2D eigenvalue weighted by molar-refractivity contribution is 5.33. The molecule has 0 atom stereocenters. The normalized spacial score (nSPS) is 14.7. The zero-order valence-corrected chi connectivity index (χ0v) is 10.8. The van der Waals surface area contributed by atoms with E-state index in [1.807, 2.05) is 19.9 Å². The van der Waals surface area contributed by atoms with Gasteiger partial charge in [0.05, 0.1) is 0 Å². The highest BCUT2D eigenvalue weighted by Gasteiger charge is 2.14. The first-order valence-corrected chi connectivity index (χ1v) is 6.21. The van der Waals surface area contributed by atoms with E-state index in [9.17, 15) is 0 Å². The SMILES string of the molecule is C=CCN1CCc2cc(C)ccc2C1.CC. The molecular formula is C15H23N. The van der Waals surface area contributed by atoms with Crippen LogP contribution in [-0.4, -0.2) is 18.0 Å². The molecule has 1 heterocycles. The van der Waals surface area contributed by atoms with E-state index in [4.69, 9.17) is 0 Å². The average Bonchev–Trinajstić information content (AvgIpc) is 2.32. The van der Waals surface area contributed by atoms with Crippen LogP contribution in [0.1, 0.15) is 30.5 Å². The number of nitrogens with zero attached hydrogens (tertiary/aromatic N) is 1. The first-order chi connectivity index (χ1) is 7.79. The Morgan fingerprint density at radius 2 is 2.06 bits per heavy atom. The molecule has 1 aromatic rings. The minimum absolute atomic E-state index is 1.01. The van der Waals surface area contributed by atoms with E-state index in [0.717, 1.165) is 13.1 Å². The van der Waals surface area contributed by atoms with E-state index in [0.29, 0.717) is 0 Å². The topological polar surface area (TPSA) is 3.24 Å². The van der Waals surface area contributed by atoms with Gasteiger partial charge in [-0.2, -0.15) is 0 Å². The summed E-state index contributed by atoms with van der Waals surface area (Å²) in [6.45, 7) is 13.2. The Morgan fingerprint density at radius 1 is 1.31 bits per heavy atom. The van der Waals surface area contributed by atoms with Gasteiger partial charge in [0.1, 0.15) is 0 Å². The van der Waals surface area contributed by atoms with E-state index in [1.54, 1.807) is 0 Å². The third kappa shape index (κ3) is 3.21. The van der Waals surface area contributed by atoms with Gasteiger partial charge in [0.2, 0.25) is 0 Å². The van der Waals surface area contributed by atoms with Gasteiger partial charge in [-0.1, -0.05) is 43.7 Å². The van der Waals surface area contributed by atoms with Crippen molar-refractivity contribution in [1.29, 1.82) is 0 Å². The third-order valence-electron chi connectivity index (χ3n) is 2.84. The van der Waals surface area contributed by atoms with Gasteiger partial charge >= 0.3 is 0 Å². The van der Waals surface area contributed by atoms with Crippen molar-refractivity contribution in [3.8, 4) is 0 Å². The fourth-order valence-corrected chi connectivity index (χ4v) is 2.08. The smallest absolute Gasteiger partial charge is 0.0239 e. The number of aryl methyl sites for hydroxylation is 1. The predicted octanol–water partition coefficient (Wildman–Crippen LogP) is 3.57. The van der Waals surface area contributed by atoms with Gasteiger partial charge < -0.3 is 0 Å². The van der Waals surface area contributed by atoms with Crippen LogP contribution in [0.2, 0.25) is 0 Å². The van der Waals surface area contributed by atoms with Crippen molar-refractivity contribution in [1.82, 2.24) is 4.90 Å². The molecular weight excluding hydrogens is 194 g/mol. The standard InChI is InChI=1S/C13H17N.C2H6/c1-3-7-14-8-6-12-9-11(2)4-5-13(12)10-14;1-2/h3-5,9H,1,6-8,10H2,2H3;1-2H3. The molecule has 0 amide bonds. The van der Waals surface area contributed by atoms with E-state index in [2.05, 4.69) is 36.6 Å². The van der Waals surface area contributed by atoms with Gasteiger partial charge in [-0.25, -0.2) is 0 Å². The lowest BCUT2D eigenvalue weighted by Gasteiger charge is -2.27. The maximum absolute atomic E-state index is 3.78. The molecule has 1 aromatic carbocycles. The molecule has 0 N–H and O–H groups in total. The van der Waals surface area contributed by atoms with Gasteiger partial charge in [-0.15, -0.1) is 6.58 Å². The van der Waals surface area contributed by atoms with Crippen LogP contribution in [0, 0.1) is 6.92 Å². The number of hydrogen-bond donors (Lipinski definition) is 0. The molecule has 16 heavy (non-hydrogen) atoms. The lowest BCUT2D eigenvalue weighted by Crippen LogP contribution is -2.30. The highest BCUT2D eigenvalue weighted by Crippen LogP contribution is 2.19. The second-order valence-electron chi connectivity index (χ2n) is 4.05. The van der Waals surface area contributed by atoms with Crippen LogP contribution in [0.4, 0.5) is 0 Å². The van der Waals surface area contributed by atoms with Crippen molar-refractivity contribution >= 4 is 0 Å². The van der Waals surface area contributed by atoms with Gasteiger partial charge in [0.15, 0.2) is 0 Å². The Kier molecular flexibility index (Phi) is 5.27. The fraction of sp³-hybridized carbons (Fsp3) is 0.467. The van der Waals surface area contributed by atoms with Gasteiger partial charge in [0.25, 0.3) is 0 Å². The van der Waals surface area contributed by atoms with Gasteiger partial charge in [-0.3, -0.25) is 4.90 Å². The number of fused-ring (bicyclic) bond motifs is 1. The Bertz CT molecular complexity index is 341. The molecule has 1 aliphatic rings. The lowest BCUT2D eigenvalue weighted by atomic mass is 9.98. The molecule has 0 fully saturated rings. The van der Waals surface area contributed by atoms with E-state index in [1.165, 1.54) is 29.7 Å². The first-order valence-electron chi connectivity index (χ1n) is 6.21. The summed E-state index contributed by atoms with van der Waals surface area (Å²) < 4.78 is 0. The summed E-state index contributed by atoms with van der Waals surface area (Å²) in [6.07, 6.45) is 3.17. The second-order valence-corrected chi connectivity index (χ2v) is 4.05. The molecule has 1 heteroatoms. The molecule has 0 radical (unpaired) electrons. The maximum Gasteiger partial charge on any atom is 0.0239 e. The van der Waals surface area contributed by atoms with Crippen LogP contribution in [-0.2, 0) is 13.0 Å². The summed E-state index contributed by atoms with van der Waals surface area (Å²) in [5.41, 5.74) is 4.40. The summed E-state index contributed by atoms with van der Waals surface area (Å²) in [6, 6.07) is 6.79. The van der Waals surface area contributed by atoms with E-state index in [-0.39, 0.29) is 0 Å². The molecule has 0 aliphatic carbocycles. The minimum atomic E-state index is 1.01. The Hall–Kier alpha value is -1.08. The van der Waals surface area contributed by atoms with Crippen molar-refractivity contribution in [3.05, 3.63) is 47.5 Å². The van der Waals surface area contributed by atoms with Crippen molar-refractivity contribution in [3.63, 3.8) is 0 Å². The van der Waals surface area contributed by atoms with Gasteiger partial charge in [-0.05, 0) is 24.5 Å². The van der Waals surface area contributed by atoms with Crippen LogP contribution in [0.15, 0.2) is 30.9 Å². The van der Waals surface area contributed by atoms with Gasteiger partial charge in [0, 0.05) is 19.6 Å². The molecule has 0 aromatic heterocycles. The average molecular weight is 217 g/mol. The summed E-state index contributed by atoms with van der Waals surface area (Å²) >= 11 is 0. The lowest BCUT2D eigenvalue weighted by molar-refractivity contribution is 0.282. The molecule has 1 nitrogen and oxygen atoms in total. The summed E-state index contributed by atoms with van der Waals surface area (Å²) in [7, 11) is 0. The molecule has 0 saturated heterocycles. The van der Waals surface area contributed by atoms with Crippen LogP contribution in [0.3, 0.4) is 0 Å². The summed E-state index contributed by atoms with van der Waals surface area (Å²) in [4.78, 5) is 2.44. The Balaban J connectivity index is 0.000000606. The number of benzene rings is 1. The quantitative estimate of drug-likeness (QED) is 0.685. The largest absolute Gasteiger partial charge is 0.295 e. The van der Waals surface area contributed by atoms with Crippen molar-refractivity contribution in [2.75, 3.05) is 13.1 Å². The molecule has 88 valence electrons. The van der Waals surface area contributed by atoms with Crippen LogP contribution in [0.25, 0.3) is 0 Å². The maximum atomic E-state index is 3.78. The second kappa shape index (κ2) is 6.49. The molecule has 0 unspecified atom stereocenters. The zero-order valence-electron chi connectivity index (χ0n) is 10.8. The number of hydrogen-bond acceptors (Lipinski definition) is 1. The molecule has 0 spiro atoms. The van der Waals surface area contributed by atoms with Crippen LogP contribution >= 0.6 is 0 Å². The molecule has 2 rings (SSSR count). The highest BCUT2D eigenvalue weighted by atomic mass is 15.1. The monoisotopic (exact) mass is 217 g/mol. The van der Waals surface area contributed by atoms with E-state index >= 15 is 0 Å². The predicted molar refractivity (Wildman–Crippen MR) is 71.7 cm³/mol. The molecule has 0 saturated carbocycles. The van der Waals surface area contributed by atoms with E-state index < -0.39 is 0 Å². The Labute approximate surface area is 99.8 Å². The van der Waals surface area contributed by atoms with Crippen molar-refractivity contribution in [2.45, 2.75) is 33.7 Å². The molecule has 0 bridgehead atoms. The summed E-state index contributed by atoms with van der Waals surface area (Å²) in [5, 5.41) is 0. The number of rotatable bonds is 2. The summed E-state index contributed by atoms with van der Waals surface area (Å²) in [5.74, 6) is 0. The Morgan fingerprint density at radius 3 is 2.75 bits per heavy atom. The van der Waals surface area contributed by atoms with Crippen molar-refractivity contribution in [2.24, 2.45) is 0 Å². The third-order valence-corrected chi connectivity index (χ3v) is 2.84. The van der Waals surface area contributed by atoms with Crippen molar-refractivity contribution < 1.29 is 0 Å². The zero-order chi connectivity index (χ0) is 12.0.